The SMILES string of the molecule is N#Cc1ccc(C(=O)Cl)c(C=O)c1C(F)(F)F. The van der Waals surface area contributed by atoms with Crippen LogP contribution < -0.4 is 0 Å². The predicted molar refractivity (Wildman–Crippen MR) is 51.7 cm³/mol. The molecule has 0 saturated carbocycles. The van der Waals surface area contributed by atoms with Gasteiger partial charge in [-0.3, -0.25) is 9.59 Å². The van der Waals surface area contributed by atoms with Crippen molar-refractivity contribution in [2.24, 2.45) is 0 Å². The topological polar surface area (TPSA) is 57.9 Å². The first kappa shape index (κ1) is 13.2. The van der Waals surface area contributed by atoms with Crippen LogP contribution in [-0.4, -0.2) is 11.5 Å². The van der Waals surface area contributed by atoms with Gasteiger partial charge in [-0.05, 0) is 23.7 Å². The summed E-state index contributed by atoms with van der Waals surface area (Å²) in [5.41, 5.74) is -3.67. The number of benzene rings is 1. The highest BCUT2D eigenvalue weighted by Gasteiger charge is 2.38. The highest BCUT2D eigenvalue weighted by atomic mass is 35.5. The van der Waals surface area contributed by atoms with Crippen LogP contribution in [0.5, 0.6) is 0 Å². The number of hydrogen-bond acceptors (Lipinski definition) is 3. The molecule has 1 aromatic rings. The highest BCUT2D eigenvalue weighted by Crippen LogP contribution is 2.35. The van der Waals surface area contributed by atoms with E-state index >= 15 is 0 Å². The van der Waals surface area contributed by atoms with Crippen LogP contribution in [0.1, 0.15) is 31.8 Å². The Labute approximate surface area is 98.4 Å². The minimum atomic E-state index is -4.91. The van der Waals surface area contributed by atoms with Crippen LogP contribution >= 0.6 is 11.6 Å². The maximum Gasteiger partial charge on any atom is 0.418 e. The van der Waals surface area contributed by atoms with Crippen molar-refractivity contribution in [1.82, 2.24) is 0 Å². The molecule has 0 bridgehead atoms. The third-order valence-corrected chi connectivity index (χ3v) is 2.18. The number of nitriles is 1. The average molecular weight is 262 g/mol. The maximum atomic E-state index is 12.7. The van der Waals surface area contributed by atoms with Gasteiger partial charge in [-0.1, -0.05) is 0 Å². The summed E-state index contributed by atoms with van der Waals surface area (Å²) in [6.07, 6.45) is -5.05. The van der Waals surface area contributed by atoms with Crippen molar-refractivity contribution in [1.29, 1.82) is 5.26 Å². The molecule has 17 heavy (non-hydrogen) atoms. The number of carbonyl (C=O) groups is 2. The summed E-state index contributed by atoms with van der Waals surface area (Å²) >= 11 is 5.06. The van der Waals surface area contributed by atoms with Crippen molar-refractivity contribution in [2.45, 2.75) is 6.18 Å². The zero-order chi connectivity index (χ0) is 13.2. The number of aldehydes is 1. The molecule has 88 valence electrons. The van der Waals surface area contributed by atoms with E-state index in [-0.39, 0.29) is 6.29 Å². The van der Waals surface area contributed by atoms with Gasteiger partial charge >= 0.3 is 6.18 Å². The van der Waals surface area contributed by atoms with Crippen LogP contribution in [0.2, 0.25) is 0 Å². The monoisotopic (exact) mass is 261 g/mol. The van der Waals surface area contributed by atoms with E-state index in [1.54, 1.807) is 0 Å². The number of halogens is 4. The molecule has 7 heteroatoms. The van der Waals surface area contributed by atoms with E-state index in [0.717, 1.165) is 12.1 Å². The average Bonchev–Trinajstić information content (AvgIpc) is 2.25. The third kappa shape index (κ3) is 2.45. The van der Waals surface area contributed by atoms with Gasteiger partial charge in [-0.25, -0.2) is 0 Å². The van der Waals surface area contributed by atoms with Crippen LogP contribution in [0.15, 0.2) is 12.1 Å². The van der Waals surface area contributed by atoms with E-state index in [0.29, 0.717) is 0 Å². The molecule has 1 aromatic carbocycles. The summed E-state index contributed by atoms with van der Waals surface area (Å²) in [6.45, 7) is 0. The first-order valence-electron chi connectivity index (χ1n) is 4.12. The Bertz CT molecular complexity index is 532. The zero-order valence-electron chi connectivity index (χ0n) is 8.01. The number of alkyl halides is 3. The van der Waals surface area contributed by atoms with Crippen molar-refractivity contribution in [2.75, 3.05) is 0 Å². The van der Waals surface area contributed by atoms with E-state index in [4.69, 9.17) is 16.9 Å². The van der Waals surface area contributed by atoms with Crippen molar-refractivity contribution >= 4 is 23.1 Å². The molecule has 0 N–H and O–H groups in total. The largest absolute Gasteiger partial charge is 0.418 e. The molecule has 0 radical (unpaired) electrons. The summed E-state index contributed by atoms with van der Waals surface area (Å²) in [4.78, 5) is 21.5. The first-order chi connectivity index (χ1) is 7.82. The first-order valence-corrected chi connectivity index (χ1v) is 4.50. The van der Waals surface area contributed by atoms with E-state index in [9.17, 15) is 22.8 Å². The summed E-state index contributed by atoms with van der Waals surface area (Å²) < 4.78 is 38.0. The number of carbonyl (C=O) groups excluding carboxylic acids is 2. The second-order valence-corrected chi connectivity index (χ2v) is 3.29. The van der Waals surface area contributed by atoms with Crippen LogP contribution in [-0.2, 0) is 6.18 Å². The fourth-order valence-corrected chi connectivity index (χ4v) is 1.48. The molecule has 0 aliphatic carbocycles. The number of nitrogens with zero attached hydrogens (tertiary/aromatic N) is 1. The zero-order valence-corrected chi connectivity index (χ0v) is 8.76. The molecule has 0 aromatic heterocycles. The van der Waals surface area contributed by atoms with Crippen molar-refractivity contribution in [3.63, 3.8) is 0 Å². The normalized spacial score (nSPS) is 10.8. The fourth-order valence-electron chi connectivity index (χ4n) is 1.31. The van der Waals surface area contributed by atoms with Gasteiger partial charge in [0.25, 0.3) is 5.24 Å². The molecule has 0 saturated heterocycles. The maximum absolute atomic E-state index is 12.7. The Morgan fingerprint density at radius 3 is 2.35 bits per heavy atom. The highest BCUT2D eigenvalue weighted by molar-refractivity contribution is 6.68. The van der Waals surface area contributed by atoms with E-state index in [1.807, 2.05) is 0 Å². The van der Waals surface area contributed by atoms with Crippen molar-refractivity contribution < 1.29 is 22.8 Å². The summed E-state index contributed by atoms with van der Waals surface area (Å²) in [5.74, 6) is 0. The van der Waals surface area contributed by atoms with Gasteiger partial charge in [0, 0.05) is 11.1 Å². The Balaban J connectivity index is 3.75. The number of hydrogen-bond donors (Lipinski definition) is 0. The fraction of sp³-hybridized carbons (Fsp3) is 0.100. The molecule has 0 aliphatic heterocycles. The van der Waals surface area contributed by atoms with Crippen molar-refractivity contribution in [3.05, 3.63) is 34.4 Å². The molecular weight excluding hydrogens is 259 g/mol. The lowest BCUT2D eigenvalue weighted by atomic mass is 9.97. The molecule has 0 aliphatic rings. The lowest BCUT2D eigenvalue weighted by Crippen LogP contribution is -2.14. The summed E-state index contributed by atoms with van der Waals surface area (Å²) in [7, 11) is 0. The molecule has 1 rings (SSSR count). The molecule has 0 unspecified atom stereocenters. The van der Waals surface area contributed by atoms with E-state index in [2.05, 4.69) is 0 Å². The van der Waals surface area contributed by atoms with Gasteiger partial charge in [0.15, 0.2) is 6.29 Å². The van der Waals surface area contributed by atoms with Gasteiger partial charge in [0.2, 0.25) is 0 Å². The predicted octanol–water partition coefficient (Wildman–Crippen LogP) is 2.77. The molecule has 3 nitrogen and oxygen atoms in total. The molecule has 0 heterocycles. The van der Waals surface area contributed by atoms with Crippen LogP contribution in [0.4, 0.5) is 13.2 Å². The van der Waals surface area contributed by atoms with E-state index in [1.165, 1.54) is 6.07 Å². The lowest BCUT2D eigenvalue weighted by Gasteiger charge is -2.12. The van der Waals surface area contributed by atoms with Gasteiger partial charge in [-0.15, -0.1) is 0 Å². The van der Waals surface area contributed by atoms with Crippen LogP contribution in [0.25, 0.3) is 0 Å². The molecule has 0 fully saturated rings. The Kier molecular flexibility index (Phi) is 3.53. The van der Waals surface area contributed by atoms with Gasteiger partial charge < -0.3 is 0 Å². The summed E-state index contributed by atoms with van der Waals surface area (Å²) in [6, 6.07) is 3.02. The second kappa shape index (κ2) is 4.55. The van der Waals surface area contributed by atoms with Crippen LogP contribution in [0.3, 0.4) is 0 Å². The lowest BCUT2D eigenvalue weighted by molar-refractivity contribution is -0.138. The number of rotatable bonds is 2. The Morgan fingerprint density at radius 1 is 1.41 bits per heavy atom. The minimum absolute atomic E-state index is 0.140. The third-order valence-electron chi connectivity index (χ3n) is 1.98. The van der Waals surface area contributed by atoms with Crippen LogP contribution in [0, 0.1) is 11.3 Å². The Morgan fingerprint density at radius 2 is 2.00 bits per heavy atom. The summed E-state index contributed by atoms with van der Waals surface area (Å²) in [5, 5.41) is 7.35. The minimum Gasteiger partial charge on any atom is -0.298 e. The van der Waals surface area contributed by atoms with Crippen molar-refractivity contribution in [3.8, 4) is 6.07 Å². The quantitative estimate of drug-likeness (QED) is 0.607. The van der Waals surface area contributed by atoms with E-state index < -0.39 is 33.7 Å². The van der Waals surface area contributed by atoms with Gasteiger partial charge in [0.1, 0.15) is 0 Å². The molecule has 0 spiro atoms. The Hall–Kier alpha value is -1.87. The van der Waals surface area contributed by atoms with Gasteiger partial charge in [-0.2, -0.15) is 18.4 Å². The molecular formula is C10H3ClF3NO2. The smallest absolute Gasteiger partial charge is 0.298 e. The molecule has 0 atom stereocenters. The van der Waals surface area contributed by atoms with Gasteiger partial charge in [0.05, 0.1) is 17.2 Å². The molecule has 0 amide bonds. The standard InChI is InChI=1S/C10H3ClF3NO2/c11-9(17)6-2-1-5(3-15)8(7(6)4-16)10(12,13)14/h1-2,4H. The second-order valence-electron chi connectivity index (χ2n) is 2.95.